The van der Waals surface area contributed by atoms with Gasteiger partial charge >= 0.3 is 5.97 Å². The zero-order chi connectivity index (χ0) is 17.5. The van der Waals surface area contributed by atoms with Gasteiger partial charge in [-0.3, -0.25) is 0 Å². The Kier molecular flexibility index (Phi) is 5.51. The molecule has 0 aliphatic heterocycles. The van der Waals surface area contributed by atoms with Gasteiger partial charge in [0.05, 0.1) is 17.0 Å². The van der Waals surface area contributed by atoms with Crippen molar-refractivity contribution in [1.29, 1.82) is 0 Å². The number of rotatable bonds is 5. The van der Waals surface area contributed by atoms with Gasteiger partial charge in [-0.15, -0.1) is 0 Å². The lowest BCUT2D eigenvalue weighted by molar-refractivity contribution is 0.0735. The van der Waals surface area contributed by atoms with Crippen LogP contribution in [0.1, 0.15) is 22.8 Å². The fourth-order valence-electron chi connectivity index (χ4n) is 1.96. The summed E-state index contributed by atoms with van der Waals surface area (Å²) in [6.45, 7) is 1.80. The minimum atomic E-state index is -0.482. The second-order valence-corrected chi connectivity index (χ2v) is 4.86. The number of hydrogen-bond acceptors (Lipinski definition) is 5. The van der Waals surface area contributed by atoms with E-state index in [4.69, 9.17) is 21.0 Å². The van der Waals surface area contributed by atoms with Gasteiger partial charge in [0.2, 0.25) is 0 Å². The fourth-order valence-corrected chi connectivity index (χ4v) is 1.96. The molecule has 24 heavy (non-hydrogen) atoms. The quantitative estimate of drug-likeness (QED) is 0.287. The molecule has 0 saturated heterocycles. The van der Waals surface area contributed by atoms with Crippen LogP contribution < -0.4 is 16.2 Å². The highest BCUT2D eigenvalue weighted by atomic mass is 16.6. The number of ether oxygens (including phenoxy) is 1. The van der Waals surface area contributed by atoms with Gasteiger partial charge in [0.25, 0.3) is 0 Å². The van der Waals surface area contributed by atoms with Gasteiger partial charge < -0.3 is 21.0 Å². The van der Waals surface area contributed by atoms with Crippen molar-refractivity contribution in [2.45, 2.75) is 6.92 Å². The Labute approximate surface area is 139 Å². The lowest BCUT2D eigenvalue weighted by Crippen LogP contribution is -2.21. The van der Waals surface area contributed by atoms with Crippen molar-refractivity contribution in [3.63, 3.8) is 0 Å². The SMILES string of the molecule is CO/N=C(\C)c1cccc(OC(=O)c2ccc(N=C(N)N)cc2)c1. The summed E-state index contributed by atoms with van der Waals surface area (Å²) in [6.07, 6.45) is 0. The van der Waals surface area contributed by atoms with E-state index in [0.29, 0.717) is 22.7 Å². The van der Waals surface area contributed by atoms with E-state index in [0.717, 1.165) is 5.56 Å². The lowest BCUT2D eigenvalue weighted by Gasteiger charge is -2.07. The molecule has 7 nitrogen and oxygen atoms in total. The smallest absolute Gasteiger partial charge is 0.343 e. The summed E-state index contributed by atoms with van der Waals surface area (Å²) in [5.74, 6) is -0.114. The molecular weight excluding hydrogens is 308 g/mol. The summed E-state index contributed by atoms with van der Waals surface area (Å²) in [5, 5.41) is 3.85. The molecule has 0 aliphatic carbocycles. The number of carbonyl (C=O) groups excluding carboxylic acids is 1. The Morgan fingerprint density at radius 2 is 1.75 bits per heavy atom. The maximum atomic E-state index is 12.2. The highest BCUT2D eigenvalue weighted by molar-refractivity contribution is 5.99. The van der Waals surface area contributed by atoms with E-state index in [2.05, 4.69) is 10.1 Å². The van der Waals surface area contributed by atoms with Crippen molar-refractivity contribution in [1.82, 2.24) is 0 Å². The topological polar surface area (TPSA) is 112 Å². The largest absolute Gasteiger partial charge is 0.423 e. The molecule has 7 heteroatoms. The zero-order valence-electron chi connectivity index (χ0n) is 13.4. The number of hydrogen-bond donors (Lipinski definition) is 2. The van der Waals surface area contributed by atoms with Gasteiger partial charge in [0.1, 0.15) is 12.9 Å². The molecule has 0 radical (unpaired) electrons. The summed E-state index contributed by atoms with van der Waals surface area (Å²) in [5.41, 5.74) is 13.0. The predicted molar refractivity (Wildman–Crippen MR) is 92.5 cm³/mol. The van der Waals surface area contributed by atoms with E-state index in [9.17, 15) is 4.79 Å². The van der Waals surface area contributed by atoms with Crippen LogP contribution in [0.3, 0.4) is 0 Å². The van der Waals surface area contributed by atoms with E-state index in [1.165, 1.54) is 7.11 Å². The Morgan fingerprint density at radius 1 is 1.04 bits per heavy atom. The van der Waals surface area contributed by atoms with Crippen molar-refractivity contribution < 1.29 is 14.4 Å². The number of nitrogens with zero attached hydrogens (tertiary/aromatic N) is 2. The van der Waals surface area contributed by atoms with Gasteiger partial charge in [0, 0.05) is 5.56 Å². The number of benzene rings is 2. The third-order valence-corrected chi connectivity index (χ3v) is 3.05. The molecule has 2 aromatic rings. The summed E-state index contributed by atoms with van der Waals surface area (Å²) >= 11 is 0. The average Bonchev–Trinajstić information content (AvgIpc) is 2.55. The van der Waals surface area contributed by atoms with Crippen LogP contribution in [0.4, 0.5) is 5.69 Å². The molecule has 124 valence electrons. The van der Waals surface area contributed by atoms with Crippen molar-refractivity contribution in [3.05, 3.63) is 59.7 Å². The summed E-state index contributed by atoms with van der Waals surface area (Å²) in [4.78, 5) is 20.8. The van der Waals surface area contributed by atoms with Crippen molar-refractivity contribution in [3.8, 4) is 5.75 Å². The fraction of sp³-hybridized carbons (Fsp3) is 0.118. The molecule has 4 N–H and O–H groups in total. The maximum absolute atomic E-state index is 12.2. The second kappa shape index (κ2) is 7.77. The monoisotopic (exact) mass is 326 g/mol. The molecule has 0 atom stereocenters. The number of esters is 1. The van der Waals surface area contributed by atoms with Crippen LogP contribution in [0.2, 0.25) is 0 Å². The van der Waals surface area contributed by atoms with Crippen LogP contribution in [0.25, 0.3) is 0 Å². The number of oxime groups is 1. The third-order valence-electron chi connectivity index (χ3n) is 3.05. The Morgan fingerprint density at radius 3 is 2.38 bits per heavy atom. The molecule has 0 bridgehead atoms. The van der Waals surface area contributed by atoms with Crippen molar-refractivity contribution in [2.24, 2.45) is 21.6 Å². The van der Waals surface area contributed by atoms with Gasteiger partial charge in [-0.25, -0.2) is 9.79 Å². The first kappa shape index (κ1) is 17.0. The van der Waals surface area contributed by atoms with E-state index in [1.54, 1.807) is 49.4 Å². The Balaban J connectivity index is 2.13. The van der Waals surface area contributed by atoms with Gasteiger partial charge in [-0.2, -0.15) is 0 Å². The van der Waals surface area contributed by atoms with Crippen LogP contribution in [-0.2, 0) is 4.84 Å². The molecule has 0 aromatic heterocycles. The molecule has 0 heterocycles. The minimum absolute atomic E-state index is 0.0461. The summed E-state index contributed by atoms with van der Waals surface area (Å²) in [7, 11) is 1.47. The molecule has 0 aliphatic rings. The normalized spacial score (nSPS) is 10.8. The molecule has 0 spiro atoms. The van der Waals surface area contributed by atoms with Gasteiger partial charge in [-0.05, 0) is 43.3 Å². The number of nitrogens with two attached hydrogens (primary N) is 2. The molecule has 0 amide bonds. The van der Waals surface area contributed by atoms with Crippen LogP contribution >= 0.6 is 0 Å². The third kappa shape index (κ3) is 4.57. The standard InChI is InChI=1S/C17H18N4O3/c1-11(21-23-2)13-4-3-5-15(10-13)24-16(22)12-6-8-14(9-7-12)20-17(18)19/h3-10H,1-2H3,(H4,18,19,20)/b21-11+. The highest BCUT2D eigenvalue weighted by Crippen LogP contribution is 2.18. The lowest BCUT2D eigenvalue weighted by atomic mass is 10.1. The van der Waals surface area contributed by atoms with Crippen LogP contribution in [0.5, 0.6) is 5.75 Å². The number of aliphatic imine (C=N–C) groups is 1. The molecule has 0 unspecified atom stereocenters. The maximum Gasteiger partial charge on any atom is 0.343 e. The molecule has 0 fully saturated rings. The summed E-state index contributed by atoms with van der Waals surface area (Å²) < 4.78 is 5.37. The predicted octanol–water partition coefficient (Wildman–Crippen LogP) is 2.18. The van der Waals surface area contributed by atoms with E-state index in [-0.39, 0.29) is 5.96 Å². The molecule has 2 aromatic carbocycles. The number of guanidine groups is 1. The number of carbonyl (C=O) groups is 1. The van der Waals surface area contributed by atoms with Crippen molar-refractivity contribution >= 4 is 23.3 Å². The first-order valence-corrected chi connectivity index (χ1v) is 7.09. The summed E-state index contributed by atoms with van der Waals surface area (Å²) in [6, 6.07) is 13.5. The van der Waals surface area contributed by atoms with Crippen molar-refractivity contribution in [2.75, 3.05) is 7.11 Å². The average molecular weight is 326 g/mol. The Bertz CT molecular complexity index is 779. The first-order chi connectivity index (χ1) is 11.5. The van der Waals surface area contributed by atoms with Crippen LogP contribution in [0, 0.1) is 0 Å². The van der Waals surface area contributed by atoms with E-state index >= 15 is 0 Å². The van der Waals surface area contributed by atoms with Gasteiger partial charge in [0.15, 0.2) is 5.96 Å². The molecule has 0 saturated carbocycles. The Hall–Kier alpha value is -3.35. The van der Waals surface area contributed by atoms with E-state index in [1.807, 2.05) is 6.07 Å². The molecular formula is C17H18N4O3. The minimum Gasteiger partial charge on any atom is -0.423 e. The molecule has 2 rings (SSSR count). The van der Waals surface area contributed by atoms with Gasteiger partial charge in [-0.1, -0.05) is 17.3 Å². The zero-order valence-corrected chi connectivity index (χ0v) is 13.4. The van der Waals surface area contributed by atoms with Crippen LogP contribution in [-0.4, -0.2) is 24.8 Å². The van der Waals surface area contributed by atoms with E-state index < -0.39 is 5.97 Å². The highest BCUT2D eigenvalue weighted by Gasteiger charge is 2.09. The second-order valence-electron chi connectivity index (χ2n) is 4.86. The van der Waals surface area contributed by atoms with Crippen LogP contribution in [0.15, 0.2) is 58.7 Å². The first-order valence-electron chi connectivity index (χ1n) is 7.09.